The zero-order valence-electron chi connectivity index (χ0n) is 14.8. The minimum absolute atomic E-state index is 0.341. The van der Waals surface area contributed by atoms with E-state index in [1.54, 1.807) is 16.9 Å². The molecule has 0 saturated carbocycles. The number of aryl methyl sites for hydroxylation is 2. The Labute approximate surface area is 150 Å². The molecular weight excluding hydrogens is 335 g/mol. The van der Waals surface area contributed by atoms with E-state index < -0.39 is 6.10 Å². The summed E-state index contributed by atoms with van der Waals surface area (Å²) in [7, 11) is 0. The number of anilines is 1. The largest absolute Gasteiger partial charge is 0.482 e. The number of rotatable bonds is 4. The number of aromatic nitrogens is 3. The van der Waals surface area contributed by atoms with Crippen LogP contribution in [0, 0.1) is 12.7 Å². The van der Waals surface area contributed by atoms with Gasteiger partial charge in [0.05, 0.1) is 18.9 Å². The molecule has 0 unspecified atom stereocenters. The van der Waals surface area contributed by atoms with Gasteiger partial charge in [0.2, 0.25) is 0 Å². The quantitative estimate of drug-likeness (QED) is 0.778. The van der Waals surface area contributed by atoms with Crippen LogP contribution in [0.25, 0.3) is 10.9 Å². The van der Waals surface area contributed by atoms with Crippen molar-refractivity contribution in [3.8, 4) is 5.75 Å². The van der Waals surface area contributed by atoms with E-state index in [9.17, 15) is 9.50 Å². The number of benzene rings is 1. The first-order valence-corrected chi connectivity index (χ1v) is 8.73. The highest BCUT2D eigenvalue weighted by Gasteiger charge is 2.34. The van der Waals surface area contributed by atoms with Gasteiger partial charge in [-0.15, -0.1) is 0 Å². The number of halogens is 1. The summed E-state index contributed by atoms with van der Waals surface area (Å²) in [5.41, 5.74) is 1.95. The monoisotopic (exact) mass is 356 g/mol. The molecule has 0 spiro atoms. The Balaban J connectivity index is 1.61. The highest BCUT2D eigenvalue weighted by atomic mass is 19.1. The molecule has 6 nitrogen and oxygen atoms in total. The van der Waals surface area contributed by atoms with Crippen molar-refractivity contribution < 1.29 is 14.2 Å². The van der Waals surface area contributed by atoms with E-state index in [2.05, 4.69) is 10.1 Å². The van der Waals surface area contributed by atoms with Gasteiger partial charge in [-0.3, -0.25) is 4.68 Å². The minimum atomic E-state index is -0.642. The number of nitrogens with zero attached hydrogens (tertiary/aromatic N) is 4. The Bertz CT molecular complexity index is 942. The molecule has 1 aromatic carbocycles. The first-order valence-electron chi connectivity index (χ1n) is 8.73. The Kier molecular flexibility index (Phi) is 4.24. The maximum absolute atomic E-state index is 14.1. The number of aliphatic hydroxyl groups is 1. The molecule has 2 atom stereocenters. The third kappa shape index (κ3) is 2.99. The van der Waals surface area contributed by atoms with Crippen LogP contribution < -0.4 is 9.64 Å². The lowest BCUT2D eigenvalue weighted by Crippen LogP contribution is -2.29. The molecule has 1 saturated heterocycles. The van der Waals surface area contributed by atoms with Crippen LogP contribution in [0.5, 0.6) is 5.75 Å². The third-order valence-electron chi connectivity index (χ3n) is 4.70. The molecule has 7 heteroatoms. The summed E-state index contributed by atoms with van der Waals surface area (Å²) in [5.74, 6) is 0.298. The molecule has 1 aliphatic rings. The number of hydrogen-bond acceptors (Lipinski definition) is 5. The molecule has 1 N–H and O–H groups in total. The molecule has 0 radical (unpaired) electrons. The van der Waals surface area contributed by atoms with Crippen molar-refractivity contribution in [2.45, 2.75) is 32.6 Å². The zero-order chi connectivity index (χ0) is 18.3. The van der Waals surface area contributed by atoms with E-state index in [4.69, 9.17) is 4.74 Å². The fourth-order valence-electron chi connectivity index (χ4n) is 3.40. The van der Waals surface area contributed by atoms with Gasteiger partial charge in [-0.25, -0.2) is 9.37 Å². The third-order valence-corrected chi connectivity index (χ3v) is 4.70. The van der Waals surface area contributed by atoms with E-state index in [0.717, 1.165) is 23.3 Å². The SMILES string of the molecule is CCn1cc(O[C@@H]2CN(c3cc(C)nc4c(F)cccc34)C[C@H]2O)cn1. The summed E-state index contributed by atoms with van der Waals surface area (Å²) in [6.07, 6.45) is 2.45. The predicted molar refractivity (Wildman–Crippen MR) is 97.0 cm³/mol. The number of β-amino-alcohol motifs (C(OH)–C–C–N with tert-alkyl or cyclic N) is 1. The normalized spacial score (nSPS) is 20.1. The molecule has 4 rings (SSSR count). The summed E-state index contributed by atoms with van der Waals surface area (Å²) in [5, 5.41) is 15.4. The van der Waals surface area contributed by atoms with Gasteiger partial charge in [-0.05, 0) is 26.0 Å². The Morgan fingerprint density at radius 2 is 2.19 bits per heavy atom. The number of para-hydroxylation sites is 1. The van der Waals surface area contributed by atoms with Crippen molar-refractivity contribution in [1.82, 2.24) is 14.8 Å². The molecule has 0 bridgehead atoms. The van der Waals surface area contributed by atoms with Gasteiger partial charge < -0.3 is 14.7 Å². The van der Waals surface area contributed by atoms with Crippen molar-refractivity contribution in [1.29, 1.82) is 0 Å². The van der Waals surface area contributed by atoms with E-state index >= 15 is 0 Å². The predicted octanol–water partition coefficient (Wildman–Crippen LogP) is 2.53. The van der Waals surface area contributed by atoms with Gasteiger partial charge >= 0.3 is 0 Å². The fraction of sp³-hybridized carbons (Fsp3) is 0.368. The Morgan fingerprint density at radius 3 is 2.96 bits per heavy atom. The van der Waals surface area contributed by atoms with Crippen molar-refractivity contribution in [2.24, 2.45) is 0 Å². The number of fused-ring (bicyclic) bond motifs is 1. The molecule has 26 heavy (non-hydrogen) atoms. The summed E-state index contributed by atoms with van der Waals surface area (Å²) >= 11 is 0. The highest BCUT2D eigenvalue weighted by Crippen LogP contribution is 2.31. The number of pyridine rings is 1. The molecule has 1 aliphatic heterocycles. The molecule has 0 amide bonds. The first kappa shape index (κ1) is 16.8. The van der Waals surface area contributed by atoms with Crippen LogP contribution in [0.4, 0.5) is 10.1 Å². The average molecular weight is 356 g/mol. The second-order valence-electron chi connectivity index (χ2n) is 6.58. The molecule has 0 aliphatic carbocycles. The minimum Gasteiger partial charge on any atom is -0.482 e. The molecule has 2 aromatic heterocycles. The number of hydrogen-bond donors (Lipinski definition) is 1. The summed E-state index contributed by atoms with van der Waals surface area (Å²) < 4.78 is 21.8. The van der Waals surface area contributed by atoms with E-state index in [1.165, 1.54) is 6.07 Å². The van der Waals surface area contributed by atoms with E-state index in [-0.39, 0.29) is 11.9 Å². The second kappa shape index (κ2) is 6.57. The second-order valence-corrected chi connectivity index (χ2v) is 6.58. The van der Waals surface area contributed by atoms with Crippen molar-refractivity contribution in [3.63, 3.8) is 0 Å². The van der Waals surface area contributed by atoms with Crippen LogP contribution in [0.3, 0.4) is 0 Å². The smallest absolute Gasteiger partial charge is 0.157 e. The van der Waals surface area contributed by atoms with Crippen molar-refractivity contribution in [3.05, 3.63) is 48.2 Å². The topological polar surface area (TPSA) is 63.4 Å². The van der Waals surface area contributed by atoms with Crippen LogP contribution in [0.2, 0.25) is 0 Å². The van der Waals surface area contributed by atoms with Crippen LogP contribution in [0.1, 0.15) is 12.6 Å². The number of aliphatic hydroxyl groups excluding tert-OH is 1. The lowest BCUT2D eigenvalue weighted by atomic mass is 10.1. The van der Waals surface area contributed by atoms with Gasteiger partial charge in [-0.1, -0.05) is 12.1 Å². The number of ether oxygens (including phenoxy) is 1. The highest BCUT2D eigenvalue weighted by molar-refractivity contribution is 5.92. The van der Waals surface area contributed by atoms with E-state index in [1.807, 2.05) is 37.1 Å². The maximum atomic E-state index is 14.1. The van der Waals surface area contributed by atoms with Crippen molar-refractivity contribution >= 4 is 16.6 Å². The van der Waals surface area contributed by atoms with Crippen LogP contribution >= 0.6 is 0 Å². The first-order chi connectivity index (χ1) is 12.5. The van der Waals surface area contributed by atoms with Gasteiger partial charge in [0.25, 0.3) is 0 Å². The standard InChI is InChI=1S/C19H21FN4O2/c1-3-24-9-13(8-21-24)26-18-11-23(10-17(18)25)16-7-12(2)22-19-14(16)5-4-6-15(19)20/h4-9,17-18,25H,3,10-11H2,1-2H3/t17-,18-/m1/s1. The van der Waals surface area contributed by atoms with Crippen LogP contribution in [-0.2, 0) is 6.54 Å². The van der Waals surface area contributed by atoms with Gasteiger partial charge in [0.1, 0.15) is 23.5 Å². The van der Waals surface area contributed by atoms with Gasteiger partial charge in [0, 0.05) is 29.9 Å². The Morgan fingerprint density at radius 1 is 1.35 bits per heavy atom. The van der Waals surface area contributed by atoms with E-state index in [0.29, 0.717) is 24.4 Å². The molecule has 1 fully saturated rings. The lowest BCUT2D eigenvalue weighted by Gasteiger charge is -2.21. The van der Waals surface area contributed by atoms with Gasteiger partial charge in [0.15, 0.2) is 5.75 Å². The average Bonchev–Trinajstić information content (AvgIpc) is 3.22. The Hall–Kier alpha value is -2.67. The zero-order valence-corrected chi connectivity index (χ0v) is 14.8. The fourth-order valence-corrected chi connectivity index (χ4v) is 3.40. The molecule has 3 heterocycles. The maximum Gasteiger partial charge on any atom is 0.157 e. The molecular formula is C19H21FN4O2. The lowest BCUT2D eigenvalue weighted by molar-refractivity contribution is 0.0737. The molecule has 3 aromatic rings. The van der Waals surface area contributed by atoms with Crippen molar-refractivity contribution in [2.75, 3.05) is 18.0 Å². The molecule has 136 valence electrons. The van der Waals surface area contributed by atoms with Crippen LogP contribution in [0.15, 0.2) is 36.7 Å². The van der Waals surface area contributed by atoms with Crippen LogP contribution in [-0.4, -0.2) is 45.2 Å². The summed E-state index contributed by atoms with van der Waals surface area (Å²) in [6.45, 7) is 5.53. The summed E-state index contributed by atoms with van der Waals surface area (Å²) in [4.78, 5) is 6.34. The summed E-state index contributed by atoms with van der Waals surface area (Å²) in [6, 6.07) is 6.87. The van der Waals surface area contributed by atoms with Gasteiger partial charge in [-0.2, -0.15) is 5.10 Å².